The van der Waals surface area contributed by atoms with E-state index in [-0.39, 0.29) is 17.7 Å². The highest BCUT2D eigenvalue weighted by atomic mass is 32.1. The van der Waals surface area contributed by atoms with Gasteiger partial charge in [0.25, 0.3) is 5.91 Å². The molecule has 0 saturated carbocycles. The van der Waals surface area contributed by atoms with E-state index in [2.05, 4.69) is 4.98 Å². The molecule has 1 aromatic carbocycles. The SMILES string of the molecule is CC(C)c1csc(C(=O)N(C)[C@H]2CCN(c3ccccc3)C2=O)n1. The highest BCUT2D eigenvalue weighted by Crippen LogP contribution is 2.25. The van der Waals surface area contributed by atoms with Gasteiger partial charge in [0.1, 0.15) is 6.04 Å². The van der Waals surface area contributed by atoms with Gasteiger partial charge >= 0.3 is 0 Å². The molecule has 5 nitrogen and oxygen atoms in total. The first-order chi connectivity index (χ1) is 11.5. The Balaban J connectivity index is 1.74. The maximum atomic E-state index is 12.7. The highest BCUT2D eigenvalue weighted by molar-refractivity contribution is 7.11. The first-order valence-electron chi connectivity index (χ1n) is 8.08. The molecule has 2 amide bonds. The van der Waals surface area contributed by atoms with Crippen LogP contribution >= 0.6 is 11.3 Å². The zero-order chi connectivity index (χ0) is 17.3. The second-order valence-electron chi connectivity index (χ2n) is 6.28. The molecule has 0 radical (unpaired) electrons. The van der Waals surface area contributed by atoms with E-state index in [9.17, 15) is 9.59 Å². The van der Waals surface area contributed by atoms with Crippen LogP contribution in [0.1, 0.15) is 41.7 Å². The lowest BCUT2D eigenvalue weighted by molar-refractivity contribution is -0.120. The van der Waals surface area contributed by atoms with Gasteiger partial charge in [-0.15, -0.1) is 11.3 Å². The fourth-order valence-corrected chi connectivity index (χ4v) is 3.79. The van der Waals surface area contributed by atoms with E-state index in [4.69, 9.17) is 0 Å². The van der Waals surface area contributed by atoms with Crippen molar-refractivity contribution in [1.82, 2.24) is 9.88 Å². The minimum absolute atomic E-state index is 0.0299. The Morgan fingerprint density at radius 3 is 2.67 bits per heavy atom. The van der Waals surface area contributed by atoms with Crippen LogP contribution in [0.25, 0.3) is 0 Å². The number of anilines is 1. The molecule has 0 N–H and O–H groups in total. The van der Waals surface area contributed by atoms with Crippen molar-refractivity contribution in [3.8, 4) is 0 Å². The summed E-state index contributed by atoms with van der Waals surface area (Å²) in [7, 11) is 1.69. The number of para-hydroxylation sites is 1. The molecule has 1 fully saturated rings. The predicted molar refractivity (Wildman–Crippen MR) is 95.5 cm³/mol. The van der Waals surface area contributed by atoms with Crippen LogP contribution in [0.15, 0.2) is 35.7 Å². The quantitative estimate of drug-likeness (QED) is 0.857. The van der Waals surface area contributed by atoms with Crippen LogP contribution in [0.3, 0.4) is 0 Å². The van der Waals surface area contributed by atoms with E-state index in [0.717, 1.165) is 11.4 Å². The molecule has 0 bridgehead atoms. The van der Waals surface area contributed by atoms with Crippen molar-refractivity contribution in [1.29, 1.82) is 0 Å². The van der Waals surface area contributed by atoms with Gasteiger partial charge < -0.3 is 9.80 Å². The molecule has 0 spiro atoms. The number of benzene rings is 1. The van der Waals surface area contributed by atoms with Crippen molar-refractivity contribution in [3.63, 3.8) is 0 Å². The van der Waals surface area contributed by atoms with E-state index in [0.29, 0.717) is 18.0 Å². The summed E-state index contributed by atoms with van der Waals surface area (Å²) >= 11 is 1.34. The summed E-state index contributed by atoms with van der Waals surface area (Å²) in [5.41, 5.74) is 1.79. The van der Waals surface area contributed by atoms with Gasteiger partial charge in [0.2, 0.25) is 5.91 Å². The van der Waals surface area contributed by atoms with Gasteiger partial charge in [-0.25, -0.2) is 4.98 Å². The standard InChI is InChI=1S/C18H21N3O2S/c1-12(2)14-11-24-16(19-14)18(23)20(3)15-9-10-21(17(15)22)13-7-5-4-6-8-13/h4-8,11-12,15H,9-10H2,1-3H3/t15-/m0/s1. The van der Waals surface area contributed by atoms with E-state index in [1.54, 1.807) is 11.9 Å². The van der Waals surface area contributed by atoms with Crippen molar-refractivity contribution >= 4 is 28.8 Å². The Morgan fingerprint density at radius 1 is 1.33 bits per heavy atom. The maximum absolute atomic E-state index is 12.7. The second-order valence-corrected chi connectivity index (χ2v) is 7.14. The molecule has 24 heavy (non-hydrogen) atoms. The van der Waals surface area contributed by atoms with Crippen molar-refractivity contribution in [2.45, 2.75) is 32.2 Å². The minimum atomic E-state index is -0.427. The van der Waals surface area contributed by atoms with Crippen molar-refractivity contribution in [2.24, 2.45) is 0 Å². The number of carbonyl (C=O) groups is 2. The molecule has 6 heteroatoms. The summed E-state index contributed by atoms with van der Waals surface area (Å²) in [6.07, 6.45) is 0.637. The summed E-state index contributed by atoms with van der Waals surface area (Å²) in [6, 6.07) is 9.15. The fourth-order valence-electron chi connectivity index (χ4n) is 2.83. The number of carbonyl (C=O) groups excluding carboxylic acids is 2. The number of likely N-dealkylation sites (N-methyl/N-ethyl adjacent to an activating group) is 1. The fraction of sp³-hybridized carbons (Fsp3) is 0.389. The minimum Gasteiger partial charge on any atom is -0.328 e. The number of aromatic nitrogens is 1. The molecule has 126 valence electrons. The van der Waals surface area contributed by atoms with Crippen LogP contribution in [0, 0.1) is 0 Å². The molecule has 1 aliphatic rings. The number of nitrogens with zero attached hydrogens (tertiary/aromatic N) is 3. The third kappa shape index (κ3) is 3.06. The summed E-state index contributed by atoms with van der Waals surface area (Å²) in [5.74, 6) is 0.0765. The Labute approximate surface area is 145 Å². The first kappa shape index (κ1) is 16.6. The van der Waals surface area contributed by atoms with Gasteiger partial charge in [-0.2, -0.15) is 0 Å². The van der Waals surface area contributed by atoms with Crippen LogP contribution < -0.4 is 4.90 Å². The molecule has 3 rings (SSSR count). The number of rotatable bonds is 4. The van der Waals surface area contributed by atoms with Gasteiger partial charge in [-0.1, -0.05) is 32.0 Å². The largest absolute Gasteiger partial charge is 0.328 e. The van der Waals surface area contributed by atoms with Gasteiger partial charge in [0.05, 0.1) is 5.69 Å². The molecule has 1 atom stereocenters. The monoisotopic (exact) mass is 343 g/mol. The summed E-state index contributed by atoms with van der Waals surface area (Å²) in [4.78, 5) is 33.1. The molecular formula is C18H21N3O2S. The molecule has 0 aliphatic carbocycles. The van der Waals surface area contributed by atoms with Crippen molar-refractivity contribution in [3.05, 3.63) is 46.4 Å². The van der Waals surface area contributed by atoms with Gasteiger partial charge in [-0.05, 0) is 24.5 Å². The van der Waals surface area contributed by atoms with E-state index in [1.807, 2.05) is 49.6 Å². The van der Waals surface area contributed by atoms with Crippen LogP contribution in [0.4, 0.5) is 5.69 Å². The molecule has 1 saturated heterocycles. The zero-order valence-electron chi connectivity index (χ0n) is 14.1. The lowest BCUT2D eigenvalue weighted by Gasteiger charge is -2.23. The Morgan fingerprint density at radius 2 is 2.04 bits per heavy atom. The molecular weight excluding hydrogens is 322 g/mol. The molecule has 1 aromatic heterocycles. The number of hydrogen-bond donors (Lipinski definition) is 0. The highest BCUT2D eigenvalue weighted by Gasteiger charge is 2.37. The number of amides is 2. The van der Waals surface area contributed by atoms with Crippen LogP contribution in [-0.4, -0.2) is 41.3 Å². The van der Waals surface area contributed by atoms with Gasteiger partial charge in [0, 0.05) is 24.7 Å². The molecule has 2 heterocycles. The predicted octanol–water partition coefficient (Wildman–Crippen LogP) is 3.14. The average Bonchev–Trinajstić information content (AvgIpc) is 3.21. The van der Waals surface area contributed by atoms with Crippen LogP contribution in [-0.2, 0) is 4.79 Å². The maximum Gasteiger partial charge on any atom is 0.283 e. The second kappa shape index (κ2) is 6.73. The van der Waals surface area contributed by atoms with E-state index in [1.165, 1.54) is 16.2 Å². The normalized spacial score (nSPS) is 17.6. The van der Waals surface area contributed by atoms with E-state index >= 15 is 0 Å². The summed E-state index contributed by atoms with van der Waals surface area (Å²) in [5, 5.41) is 2.37. The number of thiazole rings is 1. The third-order valence-electron chi connectivity index (χ3n) is 4.33. The zero-order valence-corrected chi connectivity index (χ0v) is 14.9. The third-order valence-corrected chi connectivity index (χ3v) is 5.18. The van der Waals surface area contributed by atoms with Gasteiger partial charge in [-0.3, -0.25) is 9.59 Å². The molecule has 2 aromatic rings. The first-order valence-corrected chi connectivity index (χ1v) is 8.96. The number of hydrogen-bond acceptors (Lipinski definition) is 4. The Kier molecular flexibility index (Phi) is 4.66. The smallest absolute Gasteiger partial charge is 0.283 e. The van der Waals surface area contributed by atoms with Crippen LogP contribution in [0.2, 0.25) is 0 Å². The Hall–Kier alpha value is -2.21. The lowest BCUT2D eigenvalue weighted by atomic mass is 10.2. The van der Waals surface area contributed by atoms with Crippen molar-refractivity contribution in [2.75, 3.05) is 18.5 Å². The average molecular weight is 343 g/mol. The summed E-state index contributed by atoms with van der Waals surface area (Å²) in [6.45, 7) is 4.72. The summed E-state index contributed by atoms with van der Waals surface area (Å²) < 4.78 is 0. The van der Waals surface area contributed by atoms with Crippen LogP contribution in [0.5, 0.6) is 0 Å². The molecule has 1 aliphatic heterocycles. The van der Waals surface area contributed by atoms with Crippen molar-refractivity contribution < 1.29 is 9.59 Å². The lowest BCUT2D eigenvalue weighted by Crippen LogP contribution is -2.43. The topological polar surface area (TPSA) is 53.5 Å². The molecule has 0 unspecified atom stereocenters. The Bertz CT molecular complexity index is 742. The van der Waals surface area contributed by atoms with E-state index < -0.39 is 6.04 Å². The van der Waals surface area contributed by atoms with Gasteiger partial charge in [0.15, 0.2) is 5.01 Å².